The number of thiol groups is 1. The molecule has 2 rings (SSSR count). The van der Waals surface area contributed by atoms with Gasteiger partial charge in [-0.25, -0.2) is 0 Å². The number of hydrogen-bond acceptors (Lipinski definition) is 3. The summed E-state index contributed by atoms with van der Waals surface area (Å²) >= 11 is 4.22. The van der Waals surface area contributed by atoms with Crippen molar-refractivity contribution in [3.05, 3.63) is 23.3 Å². The van der Waals surface area contributed by atoms with Crippen LogP contribution in [0.4, 0.5) is 0 Å². The normalized spacial score (nSPS) is 13.5. The zero-order chi connectivity index (χ0) is 8.55. The number of fused-ring (bicyclic) bond motifs is 1. The van der Waals surface area contributed by atoms with Gasteiger partial charge in [0.2, 0.25) is 6.79 Å². The predicted octanol–water partition coefficient (Wildman–Crippen LogP) is 2.15. The Hall–Kier alpha value is -0.830. The molecule has 0 saturated heterocycles. The molecule has 0 aromatic heterocycles. The first-order chi connectivity index (χ1) is 5.81. The molecule has 0 amide bonds. The third-order valence-electron chi connectivity index (χ3n) is 2.00. The van der Waals surface area contributed by atoms with Crippen molar-refractivity contribution in [2.24, 2.45) is 0 Å². The van der Waals surface area contributed by atoms with E-state index in [0.717, 1.165) is 17.3 Å². The summed E-state index contributed by atoms with van der Waals surface area (Å²) in [6, 6.07) is 3.98. The molecule has 0 radical (unpaired) electrons. The molecule has 1 aliphatic rings. The SMILES string of the molecule is Cc1cc2c(cc1CS)OCO2. The van der Waals surface area contributed by atoms with E-state index < -0.39 is 0 Å². The summed E-state index contributed by atoms with van der Waals surface area (Å²) in [4.78, 5) is 0. The van der Waals surface area contributed by atoms with Crippen molar-refractivity contribution in [2.75, 3.05) is 6.79 Å². The summed E-state index contributed by atoms with van der Waals surface area (Å²) in [6.45, 7) is 2.39. The summed E-state index contributed by atoms with van der Waals surface area (Å²) in [5, 5.41) is 0. The standard InChI is InChI=1S/C9H10O2S/c1-6-2-8-9(11-5-10-8)3-7(6)4-12/h2-3,12H,4-5H2,1H3. The summed E-state index contributed by atoms with van der Waals surface area (Å²) in [7, 11) is 0. The fourth-order valence-corrected chi connectivity index (χ4v) is 1.60. The van der Waals surface area contributed by atoms with E-state index in [0.29, 0.717) is 6.79 Å². The van der Waals surface area contributed by atoms with Crippen LogP contribution < -0.4 is 9.47 Å². The van der Waals surface area contributed by atoms with Crippen LogP contribution in [0.5, 0.6) is 11.5 Å². The third-order valence-corrected chi connectivity index (χ3v) is 2.34. The molecule has 3 heteroatoms. The average Bonchev–Trinajstić information content (AvgIpc) is 2.49. The van der Waals surface area contributed by atoms with Gasteiger partial charge in [-0.15, -0.1) is 0 Å². The molecule has 1 aromatic carbocycles. The van der Waals surface area contributed by atoms with Gasteiger partial charge in [0, 0.05) is 5.75 Å². The molecule has 1 aromatic rings. The largest absolute Gasteiger partial charge is 0.454 e. The van der Waals surface area contributed by atoms with Crippen LogP contribution in [0.2, 0.25) is 0 Å². The van der Waals surface area contributed by atoms with Crippen LogP contribution in [-0.4, -0.2) is 6.79 Å². The number of ether oxygens (including phenoxy) is 2. The Labute approximate surface area is 76.9 Å². The maximum Gasteiger partial charge on any atom is 0.231 e. The highest BCUT2D eigenvalue weighted by Crippen LogP contribution is 2.34. The number of rotatable bonds is 1. The van der Waals surface area contributed by atoms with E-state index in [1.54, 1.807) is 0 Å². The van der Waals surface area contributed by atoms with E-state index in [1.807, 2.05) is 19.1 Å². The first kappa shape index (κ1) is 7.80. The molecule has 0 unspecified atom stereocenters. The highest BCUT2D eigenvalue weighted by Gasteiger charge is 2.14. The van der Waals surface area contributed by atoms with Gasteiger partial charge >= 0.3 is 0 Å². The zero-order valence-corrected chi connectivity index (χ0v) is 7.73. The molecule has 0 spiro atoms. The molecule has 0 fully saturated rings. The van der Waals surface area contributed by atoms with Crippen LogP contribution in [0, 0.1) is 6.92 Å². The second kappa shape index (κ2) is 2.90. The smallest absolute Gasteiger partial charge is 0.231 e. The molecule has 0 saturated carbocycles. The van der Waals surface area contributed by atoms with E-state index in [1.165, 1.54) is 11.1 Å². The number of benzene rings is 1. The van der Waals surface area contributed by atoms with Gasteiger partial charge in [0.05, 0.1) is 0 Å². The lowest BCUT2D eigenvalue weighted by molar-refractivity contribution is 0.174. The first-order valence-corrected chi connectivity index (χ1v) is 4.44. The maximum absolute atomic E-state index is 5.24. The Morgan fingerprint density at radius 3 is 2.67 bits per heavy atom. The van der Waals surface area contributed by atoms with Crippen LogP contribution in [0.3, 0.4) is 0 Å². The summed E-state index contributed by atoms with van der Waals surface area (Å²) in [6.07, 6.45) is 0. The minimum absolute atomic E-state index is 0.338. The van der Waals surface area contributed by atoms with Crippen molar-refractivity contribution in [3.63, 3.8) is 0 Å². The van der Waals surface area contributed by atoms with Crippen LogP contribution in [0.15, 0.2) is 12.1 Å². The van der Waals surface area contributed by atoms with Crippen LogP contribution in [0.1, 0.15) is 11.1 Å². The van der Waals surface area contributed by atoms with E-state index in [4.69, 9.17) is 9.47 Å². The van der Waals surface area contributed by atoms with Crippen LogP contribution in [0.25, 0.3) is 0 Å². The Bertz CT molecular complexity index is 309. The molecule has 0 N–H and O–H groups in total. The fraction of sp³-hybridized carbons (Fsp3) is 0.333. The van der Waals surface area contributed by atoms with Crippen molar-refractivity contribution < 1.29 is 9.47 Å². The van der Waals surface area contributed by atoms with Gasteiger partial charge in [-0.3, -0.25) is 0 Å². The Kier molecular flexibility index (Phi) is 1.89. The summed E-state index contributed by atoms with van der Waals surface area (Å²) < 4.78 is 10.5. The Morgan fingerprint density at radius 2 is 2.00 bits per heavy atom. The van der Waals surface area contributed by atoms with E-state index in [9.17, 15) is 0 Å². The van der Waals surface area contributed by atoms with Crippen molar-refractivity contribution in [1.82, 2.24) is 0 Å². The lowest BCUT2D eigenvalue weighted by Gasteiger charge is -2.03. The molecular formula is C9H10O2S. The van der Waals surface area contributed by atoms with Crippen molar-refractivity contribution in [1.29, 1.82) is 0 Å². The molecule has 1 aliphatic heterocycles. The quantitative estimate of drug-likeness (QED) is 0.671. The van der Waals surface area contributed by atoms with Gasteiger partial charge in [0.15, 0.2) is 11.5 Å². The molecule has 0 bridgehead atoms. The van der Waals surface area contributed by atoms with Crippen molar-refractivity contribution in [3.8, 4) is 11.5 Å². The first-order valence-electron chi connectivity index (χ1n) is 3.81. The van der Waals surface area contributed by atoms with Crippen LogP contribution >= 0.6 is 12.6 Å². The van der Waals surface area contributed by atoms with E-state index in [2.05, 4.69) is 12.6 Å². The molecule has 0 atom stereocenters. The second-order valence-electron chi connectivity index (χ2n) is 2.79. The zero-order valence-electron chi connectivity index (χ0n) is 6.83. The van der Waals surface area contributed by atoms with E-state index >= 15 is 0 Å². The number of aryl methyl sites for hydroxylation is 1. The van der Waals surface area contributed by atoms with Gasteiger partial charge in [-0.1, -0.05) is 0 Å². The highest BCUT2D eigenvalue weighted by molar-refractivity contribution is 7.79. The van der Waals surface area contributed by atoms with Crippen molar-refractivity contribution >= 4 is 12.6 Å². The fourth-order valence-electron chi connectivity index (χ4n) is 1.26. The van der Waals surface area contributed by atoms with Gasteiger partial charge in [0.25, 0.3) is 0 Å². The lowest BCUT2D eigenvalue weighted by atomic mass is 10.1. The molecular weight excluding hydrogens is 172 g/mol. The number of hydrogen-bond donors (Lipinski definition) is 1. The summed E-state index contributed by atoms with van der Waals surface area (Å²) in [5.41, 5.74) is 2.40. The monoisotopic (exact) mass is 182 g/mol. The topological polar surface area (TPSA) is 18.5 Å². The van der Waals surface area contributed by atoms with Crippen LogP contribution in [-0.2, 0) is 5.75 Å². The van der Waals surface area contributed by atoms with Gasteiger partial charge < -0.3 is 9.47 Å². The third kappa shape index (κ3) is 1.14. The molecule has 0 aliphatic carbocycles. The van der Waals surface area contributed by atoms with Gasteiger partial charge in [-0.05, 0) is 30.2 Å². The second-order valence-corrected chi connectivity index (χ2v) is 3.11. The molecule has 12 heavy (non-hydrogen) atoms. The molecule has 1 heterocycles. The van der Waals surface area contributed by atoms with Crippen molar-refractivity contribution in [2.45, 2.75) is 12.7 Å². The predicted molar refractivity (Wildman–Crippen MR) is 50.0 cm³/mol. The molecule has 64 valence electrons. The Balaban J connectivity index is 2.49. The lowest BCUT2D eigenvalue weighted by Crippen LogP contribution is -1.92. The van der Waals surface area contributed by atoms with E-state index in [-0.39, 0.29) is 0 Å². The summed E-state index contributed by atoms with van der Waals surface area (Å²) in [5.74, 6) is 2.42. The molecule has 2 nitrogen and oxygen atoms in total. The van der Waals surface area contributed by atoms with Gasteiger partial charge in [-0.2, -0.15) is 12.6 Å². The minimum atomic E-state index is 0.338. The Morgan fingerprint density at radius 1 is 1.33 bits per heavy atom. The highest BCUT2D eigenvalue weighted by atomic mass is 32.1. The van der Waals surface area contributed by atoms with Gasteiger partial charge in [0.1, 0.15) is 0 Å². The maximum atomic E-state index is 5.24. The average molecular weight is 182 g/mol. The minimum Gasteiger partial charge on any atom is -0.454 e.